The van der Waals surface area contributed by atoms with E-state index in [1.54, 1.807) is 0 Å². The minimum Gasteiger partial charge on any atom is -0.377 e. The molecule has 98 valence electrons. The minimum atomic E-state index is 0.291. The summed E-state index contributed by atoms with van der Waals surface area (Å²) in [5.74, 6) is 0.734. The lowest BCUT2D eigenvalue weighted by Gasteiger charge is -2.55. The quantitative estimate of drug-likeness (QED) is 0.882. The molecular weight excluding hydrogens is 224 g/mol. The van der Waals surface area contributed by atoms with E-state index in [0.29, 0.717) is 17.6 Å². The molecule has 2 heterocycles. The fourth-order valence-corrected chi connectivity index (χ4v) is 3.66. The first-order valence-electron chi connectivity index (χ1n) is 6.93. The molecule has 0 amide bonds. The van der Waals surface area contributed by atoms with E-state index in [1.165, 1.54) is 12.0 Å². The van der Waals surface area contributed by atoms with Gasteiger partial charge in [0.1, 0.15) is 0 Å². The van der Waals surface area contributed by atoms with Crippen LogP contribution in [0, 0.1) is 11.3 Å². The van der Waals surface area contributed by atoms with Crippen molar-refractivity contribution in [2.45, 2.75) is 38.8 Å². The van der Waals surface area contributed by atoms with E-state index in [2.05, 4.69) is 36.3 Å². The normalized spacial score (nSPS) is 32.9. The van der Waals surface area contributed by atoms with Gasteiger partial charge in [-0.3, -0.25) is 4.98 Å². The molecule has 2 aliphatic rings. The van der Waals surface area contributed by atoms with Crippen molar-refractivity contribution in [3.05, 3.63) is 30.1 Å². The smallest absolute Gasteiger partial charge is 0.0685 e. The summed E-state index contributed by atoms with van der Waals surface area (Å²) < 4.78 is 5.81. The number of aromatic nitrogens is 1. The maximum absolute atomic E-state index is 5.81. The zero-order valence-electron chi connectivity index (χ0n) is 11.2. The average Bonchev–Trinajstić information content (AvgIpc) is 2.82. The molecule has 3 nitrogen and oxygen atoms in total. The van der Waals surface area contributed by atoms with Crippen LogP contribution in [0.1, 0.15) is 25.8 Å². The van der Waals surface area contributed by atoms with Crippen molar-refractivity contribution in [3.8, 4) is 0 Å². The van der Waals surface area contributed by atoms with E-state index in [9.17, 15) is 0 Å². The fraction of sp³-hybridized carbons (Fsp3) is 0.667. The molecule has 1 aliphatic heterocycles. The van der Waals surface area contributed by atoms with E-state index < -0.39 is 0 Å². The number of nitrogens with one attached hydrogen (secondary N) is 1. The predicted octanol–water partition coefficient (Wildman–Crippen LogP) is 2.03. The van der Waals surface area contributed by atoms with Gasteiger partial charge in [-0.15, -0.1) is 0 Å². The molecule has 0 bridgehead atoms. The highest BCUT2D eigenvalue weighted by Gasteiger charge is 2.58. The number of rotatable bonds is 4. The standard InChI is InChI=1S/C15H22N2O/c1-15(2)13(12-6-10-18-14(12)15)17-9-5-11-3-7-16-8-4-11/h3-4,7-8,12-14,17H,5-6,9-10H2,1-2H3. The van der Waals surface area contributed by atoms with Crippen LogP contribution in [-0.4, -0.2) is 30.3 Å². The Hall–Kier alpha value is -0.930. The zero-order chi connectivity index (χ0) is 12.6. The van der Waals surface area contributed by atoms with E-state index in [1.807, 2.05) is 12.4 Å². The van der Waals surface area contributed by atoms with Crippen molar-refractivity contribution in [1.82, 2.24) is 10.3 Å². The van der Waals surface area contributed by atoms with Gasteiger partial charge in [0, 0.05) is 36.4 Å². The van der Waals surface area contributed by atoms with Crippen LogP contribution in [0.15, 0.2) is 24.5 Å². The molecular formula is C15H22N2O. The monoisotopic (exact) mass is 246 g/mol. The van der Waals surface area contributed by atoms with Crippen LogP contribution in [-0.2, 0) is 11.2 Å². The van der Waals surface area contributed by atoms with Crippen LogP contribution >= 0.6 is 0 Å². The Morgan fingerprint density at radius 2 is 2.17 bits per heavy atom. The largest absolute Gasteiger partial charge is 0.377 e. The topological polar surface area (TPSA) is 34.2 Å². The summed E-state index contributed by atoms with van der Waals surface area (Å²) in [6.45, 7) is 6.63. The first-order valence-corrected chi connectivity index (χ1v) is 6.93. The van der Waals surface area contributed by atoms with Crippen molar-refractivity contribution in [1.29, 1.82) is 0 Å². The van der Waals surface area contributed by atoms with Gasteiger partial charge in [-0.05, 0) is 37.1 Å². The van der Waals surface area contributed by atoms with Crippen molar-refractivity contribution in [3.63, 3.8) is 0 Å². The summed E-state index contributed by atoms with van der Waals surface area (Å²) in [6.07, 6.45) is 6.51. The molecule has 0 aromatic carbocycles. The van der Waals surface area contributed by atoms with E-state index in [0.717, 1.165) is 25.5 Å². The average molecular weight is 246 g/mol. The van der Waals surface area contributed by atoms with Crippen LogP contribution in [0.25, 0.3) is 0 Å². The summed E-state index contributed by atoms with van der Waals surface area (Å²) in [5.41, 5.74) is 1.65. The summed E-state index contributed by atoms with van der Waals surface area (Å²) in [4.78, 5) is 4.05. The summed E-state index contributed by atoms with van der Waals surface area (Å²) in [6, 6.07) is 4.80. The van der Waals surface area contributed by atoms with Gasteiger partial charge in [0.25, 0.3) is 0 Å². The molecule has 0 spiro atoms. The molecule has 3 atom stereocenters. The molecule has 3 heteroatoms. The molecule has 1 aromatic rings. The SMILES string of the molecule is CC1(C)C(NCCc2ccncc2)C2CCOC21. The molecule has 3 rings (SSSR count). The molecule has 1 aliphatic carbocycles. The van der Waals surface area contributed by atoms with Gasteiger partial charge in [0.2, 0.25) is 0 Å². The molecule has 1 saturated heterocycles. The lowest BCUT2D eigenvalue weighted by Crippen LogP contribution is -2.66. The molecule has 1 aromatic heterocycles. The predicted molar refractivity (Wildman–Crippen MR) is 71.4 cm³/mol. The number of nitrogens with zero attached hydrogens (tertiary/aromatic N) is 1. The lowest BCUT2D eigenvalue weighted by molar-refractivity contribution is -0.112. The van der Waals surface area contributed by atoms with Gasteiger partial charge in [-0.1, -0.05) is 13.8 Å². The van der Waals surface area contributed by atoms with Crippen molar-refractivity contribution >= 4 is 0 Å². The molecule has 1 N–H and O–H groups in total. The molecule has 1 saturated carbocycles. The second-order valence-corrected chi connectivity index (χ2v) is 6.10. The Kier molecular flexibility index (Phi) is 3.12. The summed E-state index contributed by atoms with van der Waals surface area (Å²) in [7, 11) is 0. The Balaban J connectivity index is 1.52. The minimum absolute atomic E-state index is 0.291. The third-order valence-corrected chi connectivity index (χ3v) is 4.63. The van der Waals surface area contributed by atoms with Crippen LogP contribution in [0.2, 0.25) is 0 Å². The number of hydrogen-bond acceptors (Lipinski definition) is 3. The second-order valence-electron chi connectivity index (χ2n) is 6.10. The van der Waals surface area contributed by atoms with Gasteiger partial charge in [0.15, 0.2) is 0 Å². The highest BCUT2D eigenvalue weighted by molar-refractivity contribution is 5.13. The van der Waals surface area contributed by atoms with Gasteiger partial charge in [-0.2, -0.15) is 0 Å². The maximum Gasteiger partial charge on any atom is 0.0685 e. The highest BCUT2D eigenvalue weighted by atomic mass is 16.5. The van der Waals surface area contributed by atoms with Gasteiger partial charge < -0.3 is 10.1 Å². The first kappa shape index (κ1) is 12.1. The van der Waals surface area contributed by atoms with E-state index in [-0.39, 0.29) is 0 Å². The molecule has 2 fully saturated rings. The van der Waals surface area contributed by atoms with Crippen LogP contribution in [0.3, 0.4) is 0 Å². The Morgan fingerprint density at radius 3 is 2.94 bits per heavy atom. The Bertz CT molecular complexity index is 404. The number of ether oxygens (including phenoxy) is 1. The van der Waals surface area contributed by atoms with Crippen LogP contribution in [0.5, 0.6) is 0 Å². The third kappa shape index (κ3) is 1.95. The third-order valence-electron chi connectivity index (χ3n) is 4.63. The Morgan fingerprint density at radius 1 is 1.39 bits per heavy atom. The first-order chi connectivity index (χ1) is 8.69. The van der Waals surface area contributed by atoms with Crippen molar-refractivity contribution in [2.24, 2.45) is 11.3 Å². The number of fused-ring (bicyclic) bond motifs is 1. The van der Waals surface area contributed by atoms with Crippen molar-refractivity contribution in [2.75, 3.05) is 13.2 Å². The summed E-state index contributed by atoms with van der Waals surface area (Å²) in [5, 5.41) is 3.73. The highest BCUT2D eigenvalue weighted by Crippen LogP contribution is 2.51. The van der Waals surface area contributed by atoms with Gasteiger partial charge >= 0.3 is 0 Å². The van der Waals surface area contributed by atoms with Gasteiger partial charge in [0.05, 0.1) is 6.10 Å². The molecule has 0 radical (unpaired) electrons. The van der Waals surface area contributed by atoms with Crippen LogP contribution in [0.4, 0.5) is 0 Å². The summed E-state index contributed by atoms with van der Waals surface area (Å²) >= 11 is 0. The van der Waals surface area contributed by atoms with E-state index in [4.69, 9.17) is 4.74 Å². The van der Waals surface area contributed by atoms with Crippen molar-refractivity contribution < 1.29 is 4.74 Å². The zero-order valence-corrected chi connectivity index (χ0v) is 11.2. The van der Waals surface area contributed by atoms with Crippen LogP contribution < -0.4 is 5.32 Å². The maximum atomic E-state index is 5.81. The lowest BCUT2D eigenvalue weighted by atomic mass is 9.57. The number of pyridine rings is 1. The van der Waals surface area contributed by atoms with E-state index >= 15 is 0 Å². The Labute approximate surface area is 109 Å². The number of hydrogen-bond donors (Lipinski definition) is 1. The fourth-order valence-electron chi connectivity index (χ4n) is 3.66. The molecule has 18 heavy (non-hydrogen) atoms. The molecule has 3 unspecified atom stereocenters. The van der Waals surface area contributed by atoms with Gasteiger partial charge in [-0.25, -0.2) is 0 Å². The second kappa shape index (κ2) is 4.63.